The van der Waals surface area contributed by atoms with E-state index in [4.69, 9.17) is 18.9 Å². The molecule has 2 saturated heterocycles. The van der Waals surface area contributed by atoms with Crippen molar-refractivity contribution in [3.8, 4) is 6.07 Å². The molecule has 0 spiro atoms. The number of fused-ring (bicyclic) bond motifs is 1. The smallest absolute Gasteiger partial charge is 0.408 e. The number of alkyl carbamates (subject to hydrolysis) is 1. The molecular weight excluding hydrogens is 378 g/mol. The predicted octanol–water partition coefficient (Wildman–Crippen LogP) is 1.66. The minimum Gasteiger partial charge on any atom is -0.444 e. The number of hydrogen-bond donors (Lipinski definition) is 1. The van der Waals surface area contributed by atoms with Gasteiger partial charge >= 0.3 is 6.09 Å². The summed E-state index contributed by atoms with van der Waals surface area (Å²) in [5.74, 6) is -1.81. The summed E-state index contributed by atoms with van der Waals surface area (Å²) in [5, 5.41) is 12.2. The number of nitriles is 1. The largest absolute Gasteiger partial charge is 0.444 e. The van der Waals surface area contributed by atoms with Crippen LogP contribution in [0.2, 0.25) is 0 Å². The van der Waals surface area contributed by atoms with Gasteiger partial charge in [0.2, 0.25) is 11.7 Å². The predicted molar refractivity (Wildman–Crippen MR) is 104 cm³/mol. The van der Waals surface area contributed by atoms with Gasteiger partial charge in [-0.2, -0.15) is 5.26 Å². The van der Waals surface area contributed by atoms with Gasteiger partial charge in [-0.25, -0.2) is 4.79 Å². The van der Waals surface area contributed by atoms with E-state index in [1.54, 1.807) is 25.7 Å². The first-order chi connectivity index (χ1) is 13.5. The molecule has 164 valence electrons. The maximum atomic E-state index is 13.5. The lowest BCUT2D eigenvalue weighted by atomic mass is 9.99. The molecule has 29 heavy (non-hydrogen) atoms. The van der Waals surface area contributed by atoms with Crippen molar-refractivity contribution in [2.24, 2.45) is 11.8 Å². The number of nitrogens with one attached hydrogen (secondary N) is 1. The molecule has 2 heterocycles. The van der Waals surface area contributed by atoms with E-state index >= 15 is 0 Å². The van der Waals surface area contributed by atoms with Crippen LogP contribution in [0.1, 0.15) is 41.0 Å². The minimum atomic E-state index is -1.15. The zero-order valence-corrected chi connectivity index (χ0v) is 18.4. The van der Waals surface area contributed by atoms with Crippen molar-refractivity contribution in [1.29, 1.82) is 5.26 Å². The number of ether oxygens (including phenoxy) is 4. The van der Waals surface area contributed by atoms with Gasteiger partial charge < -0.3 is 29.2 Å². The van der Waals surface area contributed by atoms with Crippen molar-refractivity contribution in [2.75, 3.05) is 27.4 Å². The van der Waals surface area contributed by atoms with Crippen molar-refractivity contribution in [3.63, 3.8) is 0 Å². The zero-order chi connectivity index (χ0) is 22.0. The van der Waals surface area contributed by atoms with E-state index in [-0.39, 0.29) is 25.0 Å². The highest BCUT2D eigenvalue weighted by Gasteiger charge is 2.62. The van der Waals surface area contributed by atoms with Gasteiger partial charge in [-0.15, -0.1) is 0 Å². The van der Waals surface area contributed by atoms with Crippen LogP contribution in [0, 0.1) is 23.2 Å². The van der Waals surface area contributed by atoms with Gasteiger partial charge in [-0.3, -0.25) is 4.79 Å². The van der Waals surface area contributed by atoms with Gasteiger partial charge in [0.15, 0.2) is 0 Å². The number of amides is 2. The Balaban J connectivity index is 2.28. The summed E-state index contributed by atoms with van der Waals surface area (Å²) in [5.41, 5.74) is -0.680. The molecule has 9 heteroatoms. The highest BCUT2D eigenvalue weighted by atomic mass is 16.7. The molecule has 0 aromatic heterocycles. The molecule has 0 aromatic carbocycles. The van der Waals surface area contributed by atoms with Gasteiger partial charge in [-0.1, -0.05) is 13.8 Å². The lowest BCUT2D eigenvalue weighted by Crippen LogP contribution is -2.59. The molecule has 9 nitrogen and oxygen atoms in total. The summed E-state index contributed by atoms with van der Waals surface area (Å²) >= 11 is 0. The van der Waals surface area contributed by atoms with E-state index in [9.17, 15) is 14.9 Å². The highest BCUT2D eigenvalue weighted by Crippen LogP contribution is 2.41. The second-order valence-electron chi connectivity index (χ2n) is 9.00. The van der Waals surface area contributed by atoms with Crippen molar-refractivity contribution in [3.05, 3.63) is 0 Å². The average Bonchev–Trinajstić information content (AvgIpc) is 3.17. The maximum absolute atomic E-state index is 13.5. The molecule has 2 aliphatic heterocycles. The standard InChI is InChI=1S/C20H33N3O6/c1-12(2)8-14(22-18(25)29-19(3,4)5)17(24)23-10-13(9-21)15-16(23)20(26-6,27-7)11-28-15/h12-16H,8,10-11H2,1-7H3,(H,22,25)/t13-,14+,15-,16+/m1/s1. The van der Waals surface area contributed by atoms with Crippen LogP contribution < -0.4 is 5.32 Å². The third-order valence-electron chi connectivity index (χ3n) is 5.20. The van der Waals surface area contributed by atoms with Crippen LogP contribution in [0.25, 0.3) is 0 Å². The van der Waals surface area contributed by atoms with Gasteiger partial charge in [0.05, 0.1) is 12.0 Å². The Kier molecular flexibility index (Phi) is 7.14. The molecule has 1 N–H and O–H groups in total. The molecule has 4 atom stereocenters. The molecular formula is C20H33N3O6. The number of rotatable bonds is 6. The van der Waals surface area contributed by atoms with Crippen molar-refractivity contribution >= 4 is 12.0 Å². The number of carbonyl (C=O) groups is 2. The molecule has 2 rings (SSSR count). The molecule has 0 aromatic rings. The van der Waals surface area contributed by atoms with Crippen LogP contribution in [0.15, 0.2) is 0 Å². The fourth-order valence-electron chi connectivity index (χ4n) is 3.95. The lowest BCUT2D eigenvalue weighted by Gasteiger charge is -2.37. The van der Waals surface area contributed by atoms with E-state index in [2.05, 4.69) is 11.4 Å². The van der Waals surface area contributed by atoms with Crippen LogP contribution in [-0.2, 0) is 23.7 Å². The van der Waals surface area contributed by atoms with E-state index in [0.29, 0.717) is 6.42 Å². The van der Waals surface area contributed by atoms with Crippen LogP contribution in [0.5, 0.6) is 0 Å². The number of hydrogen-bond acceptors (Lipinski definition) is 7. The van der Waals surface area contributed by atoms with E-state index in [1.807, 2.05) is 13.8 Å². The summed E-state index contributed by atoms with van der Waals surface area (Å²) in [6.45, 7) is 9.52. The summed E-state index contributed by atoms with van der Waals surface area (Å²) in [7, 11) is 2.98. The van der Waals surface area contributed by atoms with Gasteiger partial charge in [0.25, 0.3) is 0 Å². The lowest BCUT2D eigenvalue weighted by molar-refractivity contribution is -0.227. The molecule has 2 fully saturated rings. The van der Waals surface area contributed by atoms with Crippen molar-refractivity contribution in [2.45, 2.75) is 70.6 Å². The molecule has 0 bridgehead atoms. The first kappa shape index (κ1) is 23.4. The number of carbonyl (C=O) groups excluding carboxylic acids is 2. The monoisotopic (exact) mass is 411 g/mol. The second kappa shape index (κ2) is 8.86. The quantitative estimate of drug-likeness (QED) is 0.662. The Bertz CT molecular complexity index is 650. The van der Waals surface area contributed by atoms with Crippen LogP contribution in [0.3, 0.4) is 0 Å². The Labute approximate surface area is 172 Å². The van der Waals surface area contributed by atoms with Gasteiger partial charge in [0.1, 0.15) is 30.4 Å². The minimum absolute atomic E-state index is 0.117. The molecule has 0 unspecified atom stereocenters. The van der Waals surface area contributed by atoms with Gasteiger partial charge in [0, 0.05) is 20.8 Å². The van der Waals surface area contributed by atoms with Gasteiger partial charge in [-0.05, 0) is 33.1 Å². The number of nitrogens with zero attached hydrogens (tertiary/aromatic N) is 2. The van der Waals surface area contributed by atoms with E-state index in [0.717, 1.165) is 0 Å². The highest BCUT2D eigenvalue weighted by molar-refractivity contribution is 5.86. The molecule has 2 amide bonds. The van der Waals surface area contributed by atoms with E-state index < -0.39 is 41.6 Å². The molecule has 0 aliphatic carbocycles. The number of likely N-dealkylation sites (tertiary alicyclic amines) is 1. The average molecular weight is 411 g/mol. The van der Waals surface area contributed by atoms with Crippen molar-refractivity contribution < 1.29 is 28.5 Å². The Hall–Kier alpha value is -1.89. The Morgan fingerprint density at radius 1 is 1.31 bits per heavy atom. The fourth-order valence-corrected chi connectivity index (χ4v) is 3.95. The third-order valence-corrected chi connectivity index (χ3v) is 5.20. The summed E-state index contributed by atoms with van der Waals surface area (Å²) in [6, 6.07) is 0.840. The first-order valence-electron chi connectivity index (χ1n) is 9.89. The normalized spacial score (nSPS) is 26.7. The topological polar surface area (TPSA) is 110 Å². The zero-order valence-electron chi connectivity index (χ0n) is 18.4. The SMILES string of the molecule is COC1(OC)CO[C@@H]2[C@H](C#N)CN(C(=O)[C@H](CC(C)C)NC(=O)OC(C)(C)C)[C@@H]21. The summed E-state index contributed by atoms with van der Waals surface area (Å²) in [4.78, 5) is 27.4. The van der Waals surface area contributed by atoms with Crippen molar-refractivity contribution in [1.82, 2.24) is 10.2 Å². The number of methoxy groups -OCH3 is 2. The maximum Gasteiger partial charge on any atom is 0.408 e. The molecule has 0 radical (unpaired) electrons. The summed E-state index contributed by atoms with van der Waals surface area (Å²) in [6.07, 6.45) is -0.738. The Morgan fingerprint density at radius 2 is 1.93 bits per heavy atom. The Morgan fingerprint density at radius 3 is 2.41 bits per heavy atom. The molecule has 2 aliphatic rings. The third kappa shape index (κ3) is 5.00. The van der Waals surface area contributed by atoms with E-state index in [1.165, 1.54) is 14.2 Å². The summed E-state index contributed by atoms with van der Waals surface area (Å²) < 4.78 is 22.3. The van der Waals surface area contributed by atoms with Crippen LogP contribution in [-0.4, -0.2) is 73.8 Å². The second-order valence-corrected chi connectivity index (χ2v) is 9.00. The fraction of sp³-hybridized carbons (Fsp3) is 0.850. The van der Waals surface area contributed by atoms with Crippen LogP contribution in [0.4, 0.5) is 4.79 Å². The van der Waals surface area contributed by atoms with Crippen LogP contribution >= 0.6 is 0 Å². The first-order valence-corrected chi connectivity index (χ1v) is 9.89. The molecule has 0 saturated carbocycles.